The highest BCUT2D eigenvalue weighted by atomic mass is 32.2. The Morgan fingerprint density at radius 2 is 2.39 bits per heavy atom. The average Bonchev–Trinajstić information content (AvgIpc) is 2.35. The van der Waals surface area contributed by atoms with Crippen molar-refractivity contribution in [2.75, 3.05) is 5.75 Å². The molecule has 0 aromatic carbocycles. The van der Waals surface area contributed by atoms with Gasteiger partial charge in [-0.3, -0.25) is 4.79 Å². The molecule has 0 aliphatic rings. The smallest absolute Gasteiger partial charge is 0.240 e. The summed E-state index contributed by atoms with van der Waals surface area (Å²) < 4.78 is 0. The maximum atomic E-state index is 11.4. The molecule has 0 saturated carbocycles. The van der Waals surface area contributed by atoms with E-state index in [1.165, 1.54) is 0 Å². The Kier molecular flexibility index (Phi) is 7.10. The van der Waals surface area contributed by atoms with E-state index in [0.29, 0.717) is 12.3 Å². The van der Waals surface area contributed by atoms with E-state index in [1.54, 1.807) is 24.2 Å². The summed E-state index contributed by atoms with van der Waals surface area (Å²) in [6.45, 7) is 4.03. The van der Waals surface area contributed by atoms with Crippen LogP contribution in [0.3, 0.4) is 0 Å². The van der Waals surface area contributed by atoms with Crippen molar-refractivity contribution in [3.8, 4) is 0 Å². The number of pyridine rings is 1. The van der Waals surface area contributed by atoms with Gasteiger partial charge in [0.1, 0.15) is 0 Å². The molecule has 0 aliphatic heterocycles. The summed E-state index contributed by atoms with van der Waals surface area (Å²) in [4.78, 5) is 15.6. The Hall–Kier alpha value is -1.36. The molecule has 1 heterocycles. The van der Waals surface area contributed by atoms with Gasteiger partial charge in [0.25, 0.3) is 0 Å². The topological polar surface area (TPSA) is 54.4 Å². The molecule has 18 heavy (non-hydrogen) atoms. The fourth-order valence-corrected chi connectivity index (χ4v) is 1.96. The molecule has 0 spiro atoms. The second kappa shape index (κ2) is 8.69. The van der Waals surface area contributed by atoms with Crippen molar-refractivity contribution in [2.24, 2.45) is 11.0 Å². The van der Waals surface area contributed by atoms with Crippen LogP contribution < -0.4 is 5.43 Å². The van der Waals surface area contributed by atoms with Crippen molar-refractivity contribution in [1.82, 2.24) is 10.4 Å². The molecule has 0 saturated heterocycles. The van der Waals surface area contributed by atoms with E-state index in [2.05, 4.69) is 15.5 Å². The minimum atomic E-state index is -0.0338. The lowest BCUT2D eigenvalue weighted by atomic mass is 10.3. The maximum Gasteiger partial charge on any atom is 0.240 e. The van der Waals surface area contributed by atoms with Gasteiger partial charge < -0.3 is 0 Å². The molecule has 1 N–H and O–H groups in total. The monoisotopic (exact) mass is 265 g/mol. The van der Waals surface area contributed by atoms with Gasteiger partial charge in [-0.1, -0.05) is 19.9 Å². The SMILES string of the molecule is CC(C)/C=N\NC(=O)CCCSc1ccccn1. The molecule has 5 heteroatoms. The van der Waals surface area contributed by atoms with Crippen LogP contribution in [0.1, 0.15) is 26.7 Å². The zero-order chi connectivity index (χ0) is 13.2. The van der Waals surface area contributed by atoms with E-state index in [0.717, 1.165) is 17.2 Å². The first kappa shape index (κ1) is 14.7. The molecular formula is C13H19N3OS. The standard InChI is InChI=1S/C13H19N3OS/c1-11(2)10-15-16-12(17)6-5-9-18-13-7-3-4-8-14-13/h3-4,7-8,10-11H,5-6,9H2,1-2H3,(H,16,17)/b15-10-. The molecule has 0 unspecified atom stereocenters. The van der Waals surface area contributed by atoms with Gasteiger partial charge >= 0.3 is 0 Å². The number of aromatic nitrogens is 1. The van der Waals surface area contributed by atoms with E-state index in [4.69, 9.17) is 0 Å². The van der Waals surface area contributed by atoms with Crippen molar-refractivity contribution >= 4 is 23.9 Å². The van der Waals surface area contributed by atoms with Crippen LogP contribution in [-0.4, -0.2) is 22.9 Å². The Labute approximate surface area is 112 Å². The zero-order valence-corrected chi connectivity index (χ0v) is 11.6. The van der Waals surface area contributed by atoms with Crippen LogP contribution in [0.4, 0.5) is 0 Å². The van der Waals surface area contributed by atoms with Crippen molar-refractivity contribution < 1.29 is 4.79 Å². The molecule has 1 amide bonds. The number of nitrogens with zero attached hydrogens (tertiary/aromatic N) is 2. The minimum absolute atomic E-state index is 0.0338. The molecule has 1 rings (SSSR count). The molecule has 0 radical (unpaired) electrons. The summed E-state index contributed by atoms with van der Waals surface area (Å²) in [5.74, 6) is 1.21. The van der Waals surface area contributed by atoms with Crippen molar-refractivity contribution in [3.63, 3.8) is 0 Å². The van der Waals surface area contributed by atoms with Crippen molar-refractivity contribution in [2.45, 2.75) is 31.7 Å². The van der Waals surface area contributed by atoms with Crippen LogP contribution in [-0.2, 0) is 4.79 Å². The highest BCUT2D eigenvalue weighted by molar-refractivity contribution is 7.99. The highest BCUT2D eigenvalue weighted by Gasteiger charge is 2.00. The Morgan fingerprint density at radius 3 is 3.06 bits per heavy atom. The maximum absolute atomic E-state index is 11.4. The summed E-state index contributed by atoms with van der Waals surface area (Å²) >= 11 is 1.66. The Bertz CT molecular complexity index is 379. The number of carbonyl (C=O) groups is 1. The van der Waals surface area contributed by atoms with Gasteiger partial charge in [-0.15, -0.1) is 11.8 Å². The van der Waals surface area contributed by atoms with Crippen LogP contribution in [0.2, 0.25) is 0 Å². The van der Waals surface area contributed by atoms with Gasteiger partial charge in [0.15, 0.2) is 0 Å². The van der Waals surface area contributed by atoms with Crippen LogP contribution in [0.25, 0.3) is 0 Å². The number of hydrazone groups is 1. The molecule has 0 aliphatic carbocycles. The summed E-state index contributed by atoms with van der Waals surface area (Å²) in [6.07, 6.45) is 4.82. The lowest BCUT2D eigenvalue weighted by Crippen LogP contribution is -2.17. The van der Waals surface area contributed by atoms with Gasteiger partial charge in [-0.05, 0) is 30.2 Å². The third-order valence-corrected chi connectivity index (χ3v) is 3.03. The molecule has 1 aromatic rings. The average molecular weight is 265 g/mol. The third kappa shape index (κ3) is 7.06. The van der Waals surface area contributed by atoms with Gasteiger partial charge in [0, 0.05) is 18.8 Å². The van der Waals surface area contributed by atoms with Gasteiger partial charge in [-0.25, -0.2) is 10.4 Å². The van der Waals surface area contributed by atoms with Crippen LogP contribution in [0, 0.1) is 5.92 Å². The van der Waals surface area contributed by atoms with Crippen LogP contribution in [0.15, 0.2) is 34.5 Å². The molecule has 4 nitrogen and oxygen atoms in total. The van der Waals surface area contributed by atoms with E-state index in [1.807, 2.05) is 32.0 Å². The van der Waals surface area contributed by atoms with Gasteiger partial charge in [-0.2, -0.15) is 5.10 Å². The van der Waals surface area contributed by atoms with E-state index in [-0.39, 0.29) is 5.91 Å². The van der Waals surface area contributed by atoms with Gasteiger partial charge in [0.2, 0.25) is 5.91 Å². The normalized spacial score (nSPS) is 11.1. The van der Waals surface area contributed by atoms with Crippen LogP contribution in [0.5, 0.6) is 0 Å². The largest absolute Gasteiger partial charge is 0.273 e. The van der Waals surface area contributed by atoms with Gasteiger partial charge in [0.05, 0.1) is 5.03 Å². The third-order valence-electron chi connectivity index (χ3n) is 2.00. The number of carbonyl (C=O) groups excluding carboxylic acids is 1. The number of amides is 1. The molecule has 0 bridgehead atoms. The first-order valence-electron chi connectivity index (χ1n) is 6.04. The molecule has 0 fully saturated rings. The second-order valence-electron chi connectivity index (χ2n) is 4.18. The number of nitrogens with one attached hydrogen (secondary N) is 1. The number of hydrogen-bond donors (Lipinski definition) is 1. The predicted molar refractivity (Wildman–Crippen MR) is 75.7 cm³/mol. The summed E-state index contributed by atoms with van der Waals surface area (Å²) in [7, 11) is 0. The fourth-order valence-electron chi connectivity index (χ4n) is 1.16. The minimum Gasteiger partial charge on any atom is -0.273 e. The van der Waals surface area contributed by atoms with Crippen LogP contribution >= 0.6 is 11.8 Å². The zero-order valence-electron chi connectivity index (χ0n) is 10.8. The summed E-state index contributed by atoms with van der Waals surface area (Å²) in [5.41, 5.74) is 2.52. The van der Waals surface area contributed by atoms with Crippen molar-refractivity contribution in [1.29, 1.82) is 0 Å². The van der Waals surface area contributed by atoms with E-state index >= 15 is 0 Å². The molecule has 98 valence electrons. The van der Waals surface area contributed by atoms with E-state index < -0.39 is 0 Å². The lowest BCUT2D eigenvalue weighted by Gasteiger charge is -2.01. The first-order valence-corrected chi connectivity index (χ1v) is 7.03. The second-order valence-corrected chi connectivity index (χ2v) is 5.29. The molecular weight excluding hydrogens is 246 g/mol. The van der Waals surface area contributed by atoms with E-state index in [9.17, 15) is 4.79 Å². The first-order chi connectivity index (χ1) is 8.68. The number of thioether (sulfide) groups is 1. The Balaban J connectivity index is 2.09. The molecule has 0 atom stereocenters. The predicted octanol–water partition coefficient (Wildman–Crippen LogP) is 2.71. The fraction of sp³-hybridized carbons (Fsp3) is 0.462. The number of hydrogen-bond acceptors (Lipinski definition) is 4. The summed E-state index contributed by atoms with van der Waals surface area (Å²) in [6, 6.07) is 5.82. The molecule has 1 aromatic heterocycles. The quantitative estimate of drug-likeness (QED) is 0.357. The lowest BCUT2D eigenvalue weighted by molar-refractivity contribution is -0.121. The Morgan fingerprint density at radius 1 is 1.56 bits per heavy atom. The van der Waals surface area contributed by atoms with Crippen molar-refractivity contribution in [3.05, 3.63) is 24.4 Å². The summed E-state index contributed by atoms with van der Waals surface area (Å²) in [5, 5.41) is 4.86. The number of rotatable bonds is 7. The highest BCUT2D eigenvalue weighted by Crippen LogP contribution is 2.15.